The maximum Gasteiger partial charge on any atom is 0.192 e. The van der Waals surface area contributed by atoms with Crippen LogP contribution in [0.3, 0.4) is 0 Å². The first kappa shape index (κ1) is 36.2. The van der Waals surface area contributed by atoms with Crippen LogP contribution in [0.25, 0.3) is 0 Å². The van der Waals surface area contributed by atoms with Crippen molar-refractivity contribution in [1.82, 2.24) is 0 Å². The number of aliphatic hydroxyl groups is 1. The van der Waals surface area contributed by atoms with Crippen molar-refractivity contribution >= 4 is 39.2 Å². The molecule has 1 N–H and O–H groups in total. The van der Waals surface area contributed by atoms with Crippen molar-refractivity contribution in [1.29, 1.82) is 0 Å². The highest BCUT2D eigenvalue weighted by Gasteiger charge is 2.40. The van der Waals surface area contributed by atoms with Crippen molar-refractivity contribution in [3.63, 3.8) is 0 Å². The zero-order chi connectivity index (χ0) is 28.2. The molecule has 0 aliphatic heterocycles. The van der Waals surface area contributed by atoms with Crippen LogP contribution >= 0.6 is 22.6 Å². The number of allylic oxidation sites excluding steroid dienone is 2. The first-order valence-electron chi connectivity index (χ1n) is 13.8. The summed E-state index contributed by atoms with van der Waals surface area (Å²) in [6.07, 6.45) is 9.28. The van der Waals surface area contributed by atoms with Crippen molar-refractivity contribution < 1.29 is 18.7 Å². The Hall–Kier alpha value is 0.224. The van der Waals surface area contributed by atoms with Gasteiger partial charge < -0.3 is 18.7 Å². The number of aliphatic hydroxyl groups excluding tert-OH is 1. The van der Waals surface area contributed by atoms with Crippen molar-refractivity contribution in [3.8, 4) is 0 Å². The highest BCUT2D eigenvalue weighted by Crippen LogP contribution is 2.38. The predicted molar refractivity (Wildman–Crippen MR) is 171 cm³/mol. The van der Waals surface area contributed by atoms with Gasteiger partial charge >= 0.3 is 0 Å². The average molecular weight is 653 g/mol. The molecule has 0 spiro atoms. The molecule has 0 bridgehead atoms. The van der Waals surface area contributed by atoms with Gasteiger partial charge in [-0.15, -0.1) is 0 Å². The summed E-state index contributed by atoms with van der Waals surface area (Å²) >= 11 is 2.24. The van der Waals surface area contributed by atoms with Gasteiger partial charge in [0.2, 0.25) is 0 Å². The first-order chi connectivity index (χ1) is 16.7. The highest BCUT2D eigenvalue weighted by molar-refractivity contribution is 14.1. The molecule has 0 amide bonds. The summed E-state index contributed by atoms with van der Waals surface area (Å²) in [6, 6.07) is 3.29. The average Bonchev–Trinajstić information content (AvgIpc) is 2.82. The van der Waals surface area contributed by atoms with E-state index in [0.717, 1.165) is 24.6 Å². The van der Waals surface area contributed by atoms with E-state index in [1.54, 1.807) is 7.11 Å². The molecule has 0 fully saturated rings. The molecule has 0 unspecified atom stereocenters. The lowest BCUT2D eigenvalue weighted by molar-refractivity contribution is -0.0110. The Bertz CT molecular complexity index is 688. The van der Waals surface area contributed by atoms with Gasteiger partial charge in [0, 0.05) is 25.6 Å². The van der Waals surface area contributed by atoms with Crippen molar-refractivity contribution in [3.05, 3.63) is 34.0 Å². The van der Waals surface area contributed by atoms with Crippen LogP contribution in [-0.2, 0) is 13.6 Å². The molecule has 0 saturated carbocycles. The zero-order valence-electron chi connectivity index (χ0n) is 25.4. The van der Waals surface area contributed by atoms with Crippen molar-refractivity contribution in [2.45, 2.75) is 123 Å². The van der Waals surface area contributed by atoms with E-state index in [2.05, 4.69) is 116 Å². The minimum Gasteiger partial charge on any atom is -0.413 e. The van der Waals surface area contributed by atoms with Crippen LogP contribution in [-0.4, -0.2) is 53.8 Å². The quantitative estimate of drug-likeness (QED) is 0.0738. The highest BCUT2D eigenvalue weighted by atomic mass is 127. The van der Waals surface area contributed by atoms with Crippen LogP contribution in [0, 0.1) is 11.8 Å². The standard InChI is InChI=1S/C29H57IO4Si2/c1-13-36(14-2,15-3)34-28(24(5)22-31)25(6)27(32-10)21-23(4)20-26(18-16-17-19-30)33-35(11,12)29(7,8)9/h16-19,21,24-28,31H,13-15,20,22H2,1-12H3/b18-16+,19-17+,23-21+/t24-,25-,26+,27-,28-/m1/s1. The number of rotatable bonds is 17. The van der Waals surface area contributed by atoms with Gasteiger partial charge in [-0.25, -0.2) is 0 Å². The van der Waals surface area contributed by atoms with Gasteiger partial charge in [0.1, 0.15) is 0 Å². The molecular weight excluding hydrogens is 595 g/mol. The lowest BCUT2D eigenvalue weighted by Gasteiger charge is -2.40. The fourth-order valence-electron chi connectivity index (χ4n) is 4.36. The molecule has 212 valence electrons. The van der Waals surface area contributed by atoms with Gasteiger partial charge in [0.05, 0.1) is 18.3 Å². The van der Waals surface area contributed by atoms with Crippen LogP contribution in [0.5, 0.6) is 0 Å². The van der Waals surface area contributed by atoms with E-state index in [4.69, 9.17) is 13.6 Å². The van der Waals surface area contributed by atoms with E-state index in [9.17, 15) is 5.11 Å². The molecule has 0 rings (SSSR count). The third kappa shape index (κ3) is 11.5. The molecule has 0 aromatic rings. The molecule has 7 heteroatoms. The van der Waals surface area contributed by atoms with Crippen molar-refractivity contribution in [2.24, 2.45) is 11.8 Å². The maximum atomic E-state index is 10.1. The minimum absolute atomic E-state index is 0.0197. The number of ether oxygens (including phenoxy) is 1. The second kappa shape index (κ2) is 17.0. The van der Waals surface area contributed by atoms with Crippen LogP contribution in [0.1, 0.15) is 68.7 Å². The maximum absolute atomic E-state index is 10.1. The third-order valence-corrected chi connectivity index (χ3v) is 17.8. The van der Waals surface area contributed by atoms with Crippen LogP contribution in [0.4, 0.5) is 0 Å². The van der Waals surface area contributed by atoms with Crippen LogP contribution in [0.2, 0.25) is 36.3 Å². The second-order valence-electron chi connectivity index (χ2n) is 11.9. The molecule has 0 saturated heterocycles. The summed E-state index contributed by atoms with van der Waals surface area (Å²) in [5.74, 6) is 0.182. The summed E-state index contributed by atoms with van der Waals surface area (Å²) in [5.41, 5.74) is 1.25. The predicted octanol–water partition coefficient (Wildman–Crippen LogP) is 8.89. The molecule has 0 aromatic heterocycles. The lowest BCUT2D eigenvalue weighted by Crippen LogP contribution is -2.47. The molecule has 36 heavy (non-hydrogen) atoms. The summed E-state index contributed by atoms with van der Waals surface area (Å²) in [5, 5.41) is 10.2. The number of hydrogen-bond acceptors (Lipinski definition) is 4. The fourth-order valence-corrected chi connectivity index (χ4v) is 8.89. The minimum atomic E-state index is -1.92. The van der Waals surface area contributed by atoms with Gasteiger partial charge in [-0.05, 0) is 53.7 Å². The first-order valence-corrected chi connectivity index (χ1v) is 20.5. The Morgan fingerprint density at radius 2 is 1.56 bits per heavy atom. The van der Waals surface area contributed by atoms with Crippen LogP contribution < -0.4 is 0 Å². The van der Waals surface area contributed by atoms with E-state index in [1.807, 2.05) is 10.2 Å². The molecule has 4 nitrogen and oxygen atoms in total. The molecule has 0 aliphatic rings. The van der Waals surface area contributed by atoms with Gasteiger partial charge in [-0.1, -0.05) is 108 Å². The Morgan fingerprint density at radius 3 is 1.97 bits per heavy atom. The summed E-state index contributed by atoms with van der Waals surface area (Å²) in [4.78, 5) is 0. The summed E-state index contributed by atoms with van der Waals surface area (Å²) in [6.45, 7) is 24.8. The SMILES string of the molecule is CC[Si](CC)(CC)O[C@@H]([C@H](C)[C@@H](/C=C(\C)C[C@H](/C=C/C=C/I)O[Si](C)(C)C(C)(C)C)OC)[C@H](C)CO. The summed E-state index contributed by atoms with van der Waals surface area (Å²) in [7, 11) is -1.97. The molecule has 0 radical (unpaired) electrons. The lowest BCUT2D eigenvalue weighted by atomic mass is 9.88. The molecule has 0 aromatic carbocycles. The van der Waals surface area contributed by atoms with E-state index in [0.29, 0.717) is 0 Å². The number of hydrogen-bond donors (Lipinski definition) is 1. The Kier molecular flexibility index (Phi) is 17.1. The van der Waals surface area contributed by atoms with Crippen molar-refractivity contribution in [2.75, 3.05) is 13.7 Å². The smallest absolute Gasteiger partial charge is 0.192 e. The molecule has 0 heterocycles. The van der Waals surface area contributed by atoms with Gasteiger partial charge in [0.25, 0.3) is 0 Å². The summed E-state index contributed by atoms with van der Waals surface area (Å²) < 4.78 is 21.8. The Morgan fingerprint density at radius 1 is 1.00 bits per heavy atom. The van der Waals surface area contributed by atoms with Gasteiger partial charge in [-0.3, -0.25) is 0 Å². The van der Waals surface area contributed by atoms with Gasteiger partial charge in [-0.2, -0.15) is 0 Å². The zero-order valence-corrected chi connectivity index (χ0v) is 29.5. The van der Waals surface area contributed by atoms with E-state index in [1.165, 1.54) is 5.57 Å². The normalized spacial score (nSPS) is 18.6. The van der Waals surface area contributed by atoms with E-state index in [-0.39, 0.29) is 41.8 Å². The number of halogens is 1. The third-order valence-electron chi connectivity index (χ3n) is 8.21. The van der Waals surface area contributed by atoms with E-state index < -0.39 is 16.6 Å². The Balaban J connectivity index is 5.96. The second-order valence-corrected chi connectivity index (χ2v) is 22.1. The molecule has 5 atom stereocenters. The monoisotopic (exact) mass is 652 g/mol. The number of methoxy groups -OCH3 is 1. The molecule has 0 aliphatic carbocycles. The Labute approximate surface area is 239 Å². The van der Waals surface area contributed by atoms with Gasteiger partial charge in [0.15, 0.2) is 16.6 Å². The van der Waals surface area contributed by atoms with E-state index >= 15 is 0 Å². The molecular formula is C29H57IO4Si2. The van der Waals surface area contributed by atoms with Crippen LogP contribution in [0.15, 0.2) is 34.0 Å². The fraction of sp³-hybridized carbons (Fsp3) is 0.793. The topological polar surface area (TPSA) is 47.9 Å². The largest absolute Gasteiger partial charge is 0.413 e.